The third-order valence-electron chi connectivity index (χ3n) is 3.82. The van der Waals surface area contributed by atoms with Crippen LogP contribution in [0.2, 0.25) is 0 Å². The molecule has 1 aliphatic rings. The molecule has 1 rings (SSSR count). The number of carboxylic acids is 1. The maximum Gasteiger partial charge on any atom is 0.303 e. The van der Waals surface area contributed by atoms with Crippen LogP contribution in [0.5, 0.6) is 0 Å². The zero-order valence-corrected chi connectivity index (χ0v) is 10.6. The lowest BCUT2D eigenvalue weighted by atomic mass is 9.62. The van der Waals surface area contributed by atoms with Crippen LogP contribution in [0.25, 0.3) is 0 Å². The quantitative estimate of drug-likeness (QED) is 0.781. The predicted molar refractivity (Wildman–Crippen MR) is 63.2 cm³/mol. The summed E-state index contributed by atoms with van der Waals surface area (Å²) in [6.07, 6.45) is 4.40. The van der Waals surface area contributed by atoms with Gasteiger partial charge in [-0.25, -0.2) is 0 Å². The van der Waals surface area contributed by atoms with Gasteiger partial charge in [0.2, 0.25) is 0 Å². The Bertz CT molecular complexity index is 254. The first-order valence-electron chi connectivity index (χ1n) is 6.20. The van der Waals surface area contributed by atoms with E-state index in [4.69, 9.17) is 5.11 Å². The van der Waals surface area contributed by atoms with Crippen LogP contribution >= 0.6 is 0 Å². The molecule has 1 fully saturated rings. The average Bonchev–Trinajstić information content (AvgIpc) is 2.14. The highest BCUT2D eigenvalue weighted by atomic mass is 16.4. The molecule has 2 N–H and O–H groups in total. The number of rotatable bonds is 3. The van der Waals surface area contributed by atoms with Gasteiger partial charge in [0.15, 0.2) is 0 Å². The summed E-state index contributed by atoms with van der Waals surface area (Å²) < 4.78 is 0. The standard InChI is InChI=1S/C13H24O3/c1-12(2,3)10-6-4-5-8-13(10,16)9-7-11(14)15/h10,16H,4-9H2,1-3H3,(H,14,15). The van der Waals surface area contributed by atoms with Crippen LogP contribution in [0.15, 0.2) is 0 Å². The molecule has 94 valence electrons. The van der Waals surface area contributed by atoms with Gasteiger partial charge in [0.1, 0.15) is 0 Å². The lowest BCUT2D eigenvalue weighted by molar-refractivity contribution is -0.142. The van der Waals surface area contributed by atoms with E-state index in [2.05, 4.69) is 20.8 Å². The zero-order valence-electron chi connectivity index (χ0n) is 10.6. The molecule has 2 unspecified atom stereocenters. The zero-order chi connectivity index (χ0) is 12.4. The largest absolute Gasteiger partial charge is 0.481 e. The predicted octanol–water partition coefficient (Wildman–Crippen LogP) is 2.82. The van der Waals surface area contributed by atoms with Crippen molar-refractivity contribution in [3.05, 3.63) is 0 Å². The molecule has 3 heteroatoms. The Kier molecular flexibility index (Phi) is 4.00. The van der Waals surface area contributed by atoms with Crippen molar-refractivity contribution in [1.29, 1.82) is 0 Å². The highest BCUT2D eigenvalue weighted by Gasteiger charge is 2.44. The monoisotopic (exact) mass is 228 g/mol. The molecule has 0 bridgehead atoms. The van der Waals surface area contributed by atoms with Crippen molar-refractivity contribution in [2.24, 2.45) is 11.3 Å². The molecular formula is C13H24O3. The van der Waals surface area contributed by atoms with E-state index >= 15 is 0 Å². The Morgan fingerprint density at radius 1 is 1.38 bits per heavy atom. The molecule has 0 aromatic rings. The third-order valence-corrected chi connectivity index (χ3v) is 3.82. The van der Waals surface area contributed by atoms with E-state index in [1.807, 2.05) is 0 Å². The van der Waals surface area contributed by atoms with Crippen molar-refractivity contribution in [3.63, 3.8) is 0 Å². The molecule has 1 saturated carbocycles. The van der Waals surface area contributed by atoms with E-state index in [1.54, 1.807) is 0 Å². The summed E-state index contributed by atoms with van der Waals surface area (Å²) in [5.41, 5.74) is -0.720. The highest BCUT2D eigenvalue weighted by molar-refractivity contribution is 5.66. The number of aliphatic hydroxyl groups is 1. The van der Waals surface area contributed by atoms with Crippen molar-refractivity contribution in [2.75, 3.05) is 0 Å². The van der Waals surface area contributed by atoms with Crippen LogP contribution in [0.4, 0.5) is 0 Å². The molecule has 0 aromatic heterocycles. The first-order valence-corrected chi connectivity index (χ1v) is 6.20. The van der Waals surface area contributed by atoms with Crippen LogP contribution in [0.3, 0.4) is 0 Å². The van der Waals surface area contributed by atoms with E-state index in [0.717, 1.165) is 25.7 Å². The normalized spacial score (nSPS) is 31.4. The van der Waals surface area contributed by atoms with Gasteiger partial charge in [0, 0.05) is 6.42 Å². The number of aliphatic carboxylic acids is 1. The Hall–Kier alpha value is -0.570. The Balaban J connectivity index is 2.75. The van der Waals surface area contributed by atoms with Gasteiger partial charge in [-0.1, -0.05) is 33.6 Å². The lowest BCUT2D eigenvalue weighted by Crippen LogP contribution is -2.47. The fraction of sp³-hybridized carbons (Fsp3) is 0.923. The van der Waals surface area contributed by atoms with Gasteiger partial charge in [-0.2, -0.15) is 0 Å². The summed E-state index contributed by atoms with van der Waals surface area (Å²) in [6.45, 7) is 6.40. The number of carboxylic acid groups (broad SMARTS) is 1. The number of hydrogen-bond donors (Lipinski definition) is 2. The van der Waals surface area contributed by atoms with Crippen LogP contribution in [-0.4, -0.2) is 21.8 Å². The number of carbonyl (C=O) groups is 1. The van der Waals surface area contributed by atoms with Gasteiger partial charge in [-0.3, -0.25) is 4.79 Å². The van der Waals surface area contributed by atoms with E-state index in [0.29, 0.717) is 6.42 Å². The van der Waals surface area contributed by atoms with Crippen molar-refractivity contribution in [2.45, 2.75) is 64.9 Å². The molecular weight excluding hydrogens is 204 g/mol. The summed E-state index contributed by atoms with van der Waals surface area (Å²) in [4.78, 5) is 10.6. The molecule has 0 saturated heterocycles. The van der Waals surface area contributed by atoms with Gasteiger partial charge >= 0.3 is 5.97 Å². The minimum Gasteiger partial charge on any atom is -0.481 e. The summed E-state index contributed by atoms with van der Waals surface area (Å²) in [5, 5.41) is 19.4. The summed E-state index contributed by atoms with van der Waals surface area (Å²) in [6, 6.07) is 0. The maximum atomic E-state index is 10.7. The van der Waals surface area contributed by atoms with E-state index in [1.165, 1.54) is 0 Å². The molecule has 0 spiro atoms. The second-order valence-corrected chi connectivity index (χ2v) is 6.16. The van der Waals surface area contributed by atoms with Crippen molar-refractivity contribution in [1.82, 2.24) is 0 Å². The van der Waals surface area contributed by atoms with E-state index < -0.39 is 11.6 Å². The second kappa shape index (κ2) is 4.74. The summed E-state index contributed by atoms with van der Waals surface area (Å²) in [7, 11) is 0. The fourth-order valence-electron chi connectivity index (χ4n) is 3.08. The lowest BCUT2D eigenvalue weighted by Gasteiger charge is -2.47. The summed E-state index contributed by atoms with van der Waals surface area (Å²) >= 11 is 0. The minimum absolute atomic E-state index is 0.0493. The van der Waals surface area contributed by atoms with Crippen LogP contribution < -0.4 is 0 Å². The Morgan fingerprint density at radius 2 is 2.00 bits per heavy atom. The molecule has 2 atom stereocenters. The minimum atomic E-state index is -0.813. The van der Waals surface area contributed by atoms with Crippen LogP contribution in [-0.2, 0) is 4.79 Å². The molecule has 0 heterocycles. The van der Waals surface area contributed by atoms with Crippen molar-refractivity contribution < 1.29 is 15.0 Å². The molecule has 0 aliphatic heterocycles. The topological polar surface area (TPSA) is 57.5 Å². The molecule has 0 radical (unpaired) electrons. The molecule has 0 aromatic carbocycles. The van der Waals surface area contributed by atoms with E-state index in [-0.39, 0.29) is 17.8 Å². The summed E-state index contributed by atoms with van der Waals surface area (Å²) in [5.74, 6) is -0.597. The van der Waals surface area contributed by atoms with Gasteiger partial charge in [-0.05, 0) is 30.6 Å². The first-order chi connectivity index (χ1) is 7.26. The van der Waals surface area contributed by atoms with Gasteiger partial charge in [0.05, 0.1) is 5.60 Å². The number of hydrogen-bond acceptors (Lipinski definition) is 2. The van der Waals surface area contributed by atoms with Gasteiger partial charge in [-0.15, -0.1) is 0 Å². The Labute approximate surface area is 97.9 Å². The fourth-order valence-corrected chi connectivity index (χ4v) is 3.08. The first kappa shape index (κ1) is 13.5. The molecule has 3 nitrogen and oxygen atoms in total. The second-order valence-electron chi connectivity index (χ2n) is 6.16. The van der Waals surface area contributed by atoms with Crippen LogP contribution in [0, 0.1) is 11.3 Å². The van der Waals surface area contributed by atoms with Crippen molar-refractivity contribution >= 4 is 5.97 Å². The highest BCUT2D eigenvalue weighted by Crippen LogP contribution is 2.46. The molecule has 0 amide bonds. The molecule has 1 aliphatic carbocycles. The van der Waals surface area contributed by atoms with Crippen molar-refractivity contribution in [3.8, 4) is 0 Å². The maximum absolute atomic E-state index is 10.7. The Morgan fingerprint density at radius 3 is 2.50 bits per heavy atom. The SMILES string of the molecule is CC(C)(C)C1CCCCC1(O)CCC(=O)O. The van der Waals surface area contributed by atoms with Gasteiger partial charge < -0.3 is 10.2 Å². The smallest absolute Gasteiger partial charge is 0.303 e. The van der Waals surface area contributed by atoms with E-state index in [9.17, 15) is 9.90 Å². The van der Waals surface area contributed by atoms with Crippen LogP contribution in [0.1, 0.15) is 59.3 Å². The third kappa shape index (κ3) is 3.21. The molecule has 16 heavy (non-hydrogen) atoms. The van der Waals surface area contributed by atoms with Gasteiger partial charge in [0.25, 0.3) is 0 Å². The average molecular weight is 228 g/mol.